The van der Waals surface area contributed by atoms with Gasteiger partial charge in [0, 0.05) is 112 Å². The molecule has 5 aliphatic rings. The predicted molar refractivity (Wildman–Crippen MR) is 352 cm³/mol. The van der Waals surface area contributed by atoms with Gasteiger partial charge in [0.25, 0.3) is 11.8 Å². The number of aromatic amines is 1. The van der Waals surface area contributed by atoms with Crippen LogP contribution in [0.25, 0.3) is 66.6 Å². The molecule has 16 rings (SSSR count). The van der Waals surface area contributed by atoms with E-state index in [0.29, 0.717) is 112 Å². The molecule has 488 valence electrons. The van der Waals surface area contributed by atoms with Crippen molar-refractivity contribution >= 4 is 73.7 Å². The van der Waals surface area contributed by atoms with Gasteiger partial charge in [0.2, 0.25) is 5.65 Å². The van der Waals surface area contributed by atoms with Crippen molar-refractivity contribution in [3.05, 3.63) is 191 Å². The number of halogens is 4. The van der Waals surface area contributed by atoms with Gasteiger partial charge in [-0.05, 0) is 109 Å². The molecule has 9 heterocycles. The van der Waals surface area contributed by atoms with E-state index in [1.807, 2.05) is 66.7 Å². The molecule has 0 radical (unpaired) electrons. The molecule has 7 atom stereocenters. The van der Waals surface area contributed by atoms with Crippen molar-refractivity contribution < 1.29 is 41.8 Å². The Morgan fingerprint density at radius 3 is 1.86 bits per heavy atom. The lowest BCUT2D eigenvalue weighted by molar-refractivity contribution is -0.0368. The number of anilines is 2. The number of ether oxygens (including phenoxy) is 1. The zero-order valence-corrected chi connectivity index (χ0v) is 52.4. The number of hydrogen-bond acceptors (Lipinski definition) is 15. The van der Waals surface area contributed by atoms with E-state index in [-0.39, 0.29) is 66.9 Å². The first kappa shape index (κ1) is 61.6. The van der Waals surface area contributed by atoms with Gasteiger partial charge in [0.05, 0.1) is 40.2 Å². The summed E-state index contributed by atoms with van der Waals surface area (Å²) in [6.07, 6.45) is 9.33. The second-order valence-electron chi connectivity index (χ2n) is 25.3. The van der Waals surface area contributed by atoms with E-state index in [1.54, 1.807) is 73.9 Å². The second kappa shape index (κ2) is 24.7. The zero-order valence-electron chi connectivity index (χ0n) is 52.4. The van der Waals surface area contributed by atoms with Gasteiger partial charge >= 0.3 is 6.09 Å². The molecule has 2 saturated carbocycles. The fraction of sp³-hybridized carbons (Fsp3) is 0.310. The first-order valence-corrected chi connectivity index (χ1v) is 32.1. The average molecular weight is 1300 g/mol. The first-order chi connectivity index (χ1) is 46.8. The van der Waals surface area contributed by atoms with Crippen molar-refractivity contribution in [2.24, 2.45) is 29.4 Å². The van der Waals surface area contributed by atoms with Crippen LogP contribution in [0.4, 0.5) is 34.0 Å². The van der Waals surface area contributed by atoms with E-state index in [1.165, 1.54) is 11.0 Å². The van der Waals surface area contributed by atoms with Crippen LogP contribution >= 0.6 is 0 Å². The molecule has 6 N–H and O–H groups in total. The third-order valence-corrected chi connectivity index (χ3v) is 20.6. The molecular formula is C71H66F4N16O5. The van der Waals surface area contributed by atoms with Crippen LogP contribution in [0, 0.1) is 46.9 Å². The number of carbonyl (C=O) groups is 3. The molecule has 25 heteroatoms. The monoisotopic (exact) mass is 1300 g/mol. The summed E-state index contributed by atoms with van der Waals surface area (Å²) in [5.74, 6) is -2.69. The number of benzene rings is 5. The SMILES string of the molecule is CNC(=O)c1ccc(-c2[nH]nc3nc(N4CC[C@@H]5[C@H](C4)[C@@]5(CN)c4cccc(F)c4F)cnc23)c2cccnc12.CNC(=O)c1ccc(-c2nn(C3CCCCO3)c3nc(N4CC[C@@H]5[C@H](C4)[C@@]5(CN(Cc4ccccc4)C(=O)O)c4cccc(F)c4F)cnc23)c2cccnc12. The van der Waals surface area contributed by atoms with Crippen molar-refractivity contribution in [1.82, 2.24) is 65.4 Å². The zero-order chi connectivity index (χ0) is 66.1. The molecule has 6 aromatic heterocycles. The number of nitrogens with zero attached hydrogens (tertiary/aromatic N) is 12. The van der Waals surface area contributed by atoms with Crippen LogP contribution in [0.15, 0.2) is 140 Å². The largest absolute Gasteiger partial charge is 0.465 e. The van der Waals surface area contributed by atoms with Gasteiger partial charge in [0.1, 0.15) is 28.4 Å². The minimum absolute atomic E-state index is 0.0160. The molecule has 11 aromatic rings. The Kier molecular flexibility index (Phi) is 15.8. The number of carboxylic acid groups (broad SMARTS) is 1. The quantitative estimate of drug-likeness (QED) is 0.0634. The maximum atomic E-state index is 15.8. The Morgan fingerprint density at radius 1 is 0.656 bits per heavy atom. The van der Waals surface area contributed by atoms with Gasteiger partial charge in [-0.1, -0.05) is 78.9 Å². The second-order valence-corrected chi connectivity index (χ2v) is 25.3. The number of rotatable bonds is 14. The Balaban J connectivity index is 0.000000166. The molecule has 96 heavy (non-hydrogen) atoms. The topological polar surface area (TPSA) is 264 Å². The average Bonchev–Trinajstić information content (AvgIpc) is 1.53. The maximum Gasteiger partial charge on any atom is 0.407 e. The molecule has 1 unspecified atom stereocenters. The van der Waals surface area contributed by atoms with Crippen molar-refractivity contribution in [3.63, 3.8) is 0 Å². The van der Waals surface area contributed by atoms with Crippen molar-refractivity contribution in [2.75, 3.05) is 69.8 Å². The summed E-state index contributed by atoms with van der Waals surface area (Å²) in [6.45, 7) is 3.31. The highest BCUT2D eigenvalue weighted by Gasteiger charge is 2.69. The van der Waals surface area contributed by atoms with Crippen molar-refractivity contribution in [3.8, 4) is 22.5 Å². The lowest BCUT2D eigenvalue weighted by Gasteiger charge is -2.28. The van der Waals surface area contributed by atoms with E-state index in [9.17, 15) is 32.7 Å². The molecule has 0 bridgehead atoms. The number of carbonyl (C=O) groups excluding carboxylic acids is 2. The highest BCUT2D eigenvalue weighted by atomic mass is 19.2. The van der Waals surface area contributed by atoms with Crippen LogP contribution < -0.4 is 26.2 Å². The fourth-order valence-electron chi connectivity index (χ4n) is 15.8. The van der Waals surface area contributed by atoms with Crippen LogP contribution in [0.5, 0.6) is 0 Å². The third-order valence-electron chi connectivity index (χ3n) is 20.6. The minimum Gasteiger partial charge on any atom is -0.465 e. The van der Waals surface area contributed by atoms with E-state index >= 15 is 4.39 Å². The van der Waals surface area contributed by atoms with Gasteiger partial charge in [-0.25, -0.2) is 47.0 Å². The number of nitrogens with one attached hydrogen (secondary N) is 3. The Bertz CT molecular complexity index is 4880. The smallest absolute Gasteiger partial charge is 0.407 e. The summed E-state index contributed by atoms with van der Waals surface area (Å²) in [4.78, 5) is 72.0. The van der Waals surface area contributed by atoms with E-state index < -0.39 is 40.2 Å². The Hall–Kier alpha value is -10.5. The van der Waals surface area contributed by atoms with Crippen LogP contribution in [-0.4, -0.2) is 138 Å². The summed E-state index contributed by atoms with van der Waals surface area (Å²) < 4.78 is 67.5. The molecule has 3 amide bonds. The number of H-pyrrole nitrogens is 1. The summed E-state index contributed by atoms with van der Waals surface area (Å²) in [5.41, 5.74) is 13.1. The Morgan fingerprint density at radius 2 is 1.25 bits per heavy atom. The van der Waals surface area contributed by atoms with Crippen LogP contribution in [0.2, 0.25) is 0 Å². The molecule has 2 aliphatic carbocycles. The van der Waals surface area contributed by atoms with Gasteiger partial charge in [-0.2, -0.15) is 10.2 Å². The van der Waals surface area contributed by atoms with Gasteiger partial charge in [-0.3, -0.25) is 24.7 Å². The molecular weight excluding hydrogens is 1230 g/mol. The van der Waals surface area contributed by atoms with Gasteiger partial charge < -0.3 is 40.9 Å². The predicted octanol–water partition coefficient (Wildman–Crippen LogP) is 10.5. The lowest BCUT2D eigenvalue weighted by Crippen LogP contribution is -2.39. The lowest BCUT2D eigenvalue weighted by atomic mass is 9.89. The maximum absolute atomic E-state index is 15.8. The summed E-state index contributed by atoms with van der Waals surface area (Å²) in [7, 11) is 3.17. The van der Waals surface area contributed by atoms with Gasteiger partial charge in [0.15, 0.2) is 35.1 Å². The number of nitrogens with two attached hydrogens (primary N) is 1. The molecule has 21 nitrogen and oxygen atoms in total. The standard InChI is InChI=1S/C42H40F2N8O4.C29H26F2N8O/c1-45-40(53)28-16-15-27(26-11-8-18-46-36(26)28)37-38-39(52(49-37)34-14-5-6-20-56-34)48-33(21-47-38)50-19-17-29-31(23-50)42(29,30-12-7-13-32(43)35(30)44)24-51(41(54)55)22-25-9-3-2-4-10-25;1-33-28(40)17-8-7-16(15-4-3-10-34-24(15)17)25-26-27(38-37-25)36-22(12-35-26)39-11-9-18-20(13-39)29(18,14-32)19-5-2-6-21(30)23(19)31/h2-4,7-13,15-16,18,21,29,31,34H,5-6,14,17,19-20,22-24H2,1H3,(H,45,53)(H,54,55);2-8,10,12,18,20H,9,11,13-14,32H2,1H3,(H,33,40)(H,36,37,38)/t29-,31+,34?,42-;18-,20+,29-/m11/s1. The highest BCUT2D eigenvalue weighted by molar-refractivity contribution is 6.12. The normalized spacial score (nSPS) is 21.9. The molecule has 3 aliphatic heterocycles. The number of hydrogen-bond donors (Lipinski definition) is 5. The van der Waals surface area contributed by atoms with Crippen molar-refractivity contribution in [1.29, 1.82) is 0 Å². The Labute approximate surface area is 547 Å². The molecule has 5 fully saturated rings. The molecule has 3 saturated heterocycles. The number of fused-ring (bicyclic) bond motifs is 6. The van der Waals surface area contributed by atoms with Crippen molar-refractivity contribution in [2.45, 2.75) is 55.7 Å². The van der Waals surface area contributed by atoms with Crippen LogP contribution in [0.3, 0.4) is 0 Å². The van der Waals surface area contributed by atoms with E-state index in [2.05, 4.69) is 40.6 Å². The number of amides is 3. The highest BCUT2D eigenvalue weighted by Crippen LogP contribution is 2.65. The van der Waals surface area contributed by atoms with E-state index in [4.69, 9.17) is 35.5 Å². The van der Waals surface area contributed by atoms with Crippen LogP contribution in [-0.2, 0) is 22.1 Å². The fourth-order valence-corrected chi connectivity index (χ4v) is 15.8. The number of aromatic nitrogens is 10. The third kappa shape index (κ3) is 10.3. The van der Waals surface area contributed by atoms with E-state index in [0.717, 1.165) is 65.3 Å². The molecule has 0 spiro atoms. The molecule has 5 aromatic carbocycles. The van der Waals surface area contributed by atoms with Crippen LogP contribution in [0.1, 0.15) is 75.7 Å². The number of piperidine rings is 2. The van der Waals surface area contributed by atoms with Gasteiger partial charge in [-0.15, -0.1) is 0 Å². The first-order valence-electron chi connectivity index (χ1n) is 32.1. The summed E-state index contributed by atoms with van der Waals surface area (Å²) in [6, 6.07) is 32.5. The summed E-state index contributed by atoms with van der Waals surface area (Å²) in [5, 5.41) is 29.8. The number of pyridine rings is 2. The minimum atomic E-state index is -1.12. The summed E-state index contributed by atoms with van der Waals surface area (Å²) >= 11 is 0.